The predicted molar refractivity (Wildman–Crippen MR) is 201 cm³/mol. The van der Waals surface area contributed by atoms with Crippen LogP contribution in [-0.2, 0) is 14.3 Å². The molecule has 1 aliphatic carbocycles. The summed E-state index contributed by atoms with van der Waals surface area (Å²) in [6.45, 7) is 12.5. The molecule has 51 heavy (non-hydrogen) atoms. The lowest BCUT2D eigenvalue weighted by atomic mass is 9.88. The summed E-state index contributed by atoms with van der Waals surface area (Å²) in [5, 5.41) is 22.3. The molecular formula is C41H62N4O6. The van der Waals surface area contributed by atoms with Crippen molar-refractivity contribution in [2.24, 2.45) is 5.92 Å². The van der Waals surface area contributed by atoms with Crippen LogP contribution in [-0.4, -0.2) is 106 Å². The van der Waals surface area contributed by atoms with E-state index in [-0.39, 0.29) is 31.1 Å². The number of carbonyl (C=O) groups is 2. The van der Waals surface area contributed by atoms with Gasteiger partial charge in [-0.2, -0.15) is 0 Å². The first-order chi connectivity index (χ1) is 24.5. The molecule has 0 spiro atoms. The number of piperazine rings is 1. The zero-order chi connectivity index (χ0) is 36.4. The standard InChI is InChI=1S/C41H62N4O6/c1-30(35-17-12-18-37(42-35)44-23-9-10-24-44)13-11-14-31(2)39-32(3)19-20-36(41(4,49)22-21-34(46)29-38(47)51-39)50-40(48)45-27-25-43(26-28-45)33-15-7-5-6-8-16-33/h11-14,17-20,30,32-34,36,39,46,49H,5-10,15-16,21-29H2,1-4H3/b13-11+,20-19-,31-14+/t30?,32-,34+,36-,39+,41+/m0/s1. The van der Waals surface area contributed by atoms with Gasteiger partial charge in [-0.1, -0.05) is 69.9 Å². The summed E-state index contributed by atoms with van der Waals surface area (Å²) in [4.78, 5) is 38.0. The van der Waals surface area contributed by atoms with E-state index in [1.807, 2.05) is 32.1 Å². The first kappa shape index (κ1) is 39.0. The number of hydrogen-bond donors (Lipinski definition) is 2. The highest BCUT2D eigenvalue weighted by Crippen LogP contribution is 2.29. The van der Waals surface area contributed by atoms with Crippen molar-refractivity contribution in [3.63, 3.8) is 0 Å². The third-order valence-electron chi connectivity index (χ3n) is 11.3. The average Bonchev–Trinajstić information content (AvgIpc) is 3.53. The zero-order valence-electron chi connectivity index (χ0n) is 31.4. The number of ether oxygens (including phenoxy) is 2. The van der Waals surface area contributed by atoms with Gasteiger partial charge in [-0.05, 0) is 76.2 Å². The Morgan fingerprint density at radius 3 is 2.43 bits per heavy atom. The molecule has 5 rings (SSSR count). The molecule has 1 aromatic rings. The topological polar surface area (TPSA) is 116 Å². The van der Waals surface area contributed by atoms with Crippen LogP contribution in [0.2, 0.25) is 0 Å². The second-order valence-corrected chi connectivity index (χ2v) is 15.6. The summed E-state index contributed by atoms with van der Waals surface area (Å²) in [7, 11) is 0. The Balaban J connectivity index is 1.26. The lowest BCUT2D eigenvalue weighted by Gasteiger charge is -2.40. The molecule has 282 valence electrons. The average molecular weight is 707 g/mol. The fraction of sp³-hybridized carbons (Fsp3) is 0.683. The van der Waals surface area contributed by atoms with Crippen molar-refractivity contribution in [2.75, 3.05) is 44.2 Å². The van der Waals surface area contributed by atoms with Crippen LogP contribution in [0.25, 0.3) is 0 Å². The lowest BCUT2D eigenvalue weighted by Crippen LogP contribution is -2.53. The quantitative estimate of drug-likeness (QED) is 0.141. The molecule has 1 unspecified atom stereocenters. The van der Waals surface area contributed by atoms with Gasteiger partial charge in [0.25, 0.3) is 0 Å². The highest BCUT2D eigenvalue weighted by molar-refractivity contribution is 5.70. The van der Waals surface area contributed by atoms with E-state index in [2.05, 4.69) is 41.0 Å². The number of pyridine rings is 1. The van der Waals surface area contributed by atoms with Gasteiger partial charge in [0.1, 0.15) is 17.5 Å². The number of rotatable bonds is 7. The molecule has 2 saturated heterocycles. The fourth-order valence-corrected chi connectivity index (χ4v) is 7.91. The van der Waals surface area contributed by atoms with Crippen LogP contribution in [0.3, 0.4) is 0 Å². The summed E-state index contributed by atoms with van der Waals surface area (Å²) >= 11 is 0. The third kappa shape index (κ3) is 11.1. The summed E-state index contributed by atoms with van der Waals surface area (Å²) in [6, 6.07) is 6.79. The van der Waals surface area contributed by atoms with E-state index in [9.17, 15) is 19.8 Å². The molecule has 0 bridgehead atoms. The molecule has 4 aliphatic rings. The lowest BCUT2D eigenvalue weighted by molar-refractivity contribution is -0.151. The van der Waals surface area contributed by atoms with E-state index in [0.717, 1.165) is 43.3 Å². The molecule has 1 saturated carbocycles. The number of nitrogens with zero attached hydrogens (tertiary/aromatic N) is 4. The second-order valence-electron chi connectivity index (χ2n) is 15.6. The Kier molecular flexibility index (Phi) is 14.2. The zero-order valence-corrected chi connectivity index (χ0v) is 31.4. The molecule has 0 aromatic carbocycles. The molecular weight excluding hydrogens is 644 g/mol. The van der Waals surface area contributed by atoms with Gasteiger partial charge in [-0.15, -0.1) is 0 Å². The van der Waals surface area contributed by atoms with E-state index in [1.165, 1.54) is 51.4 Å². The van der Waals surface area contributed by atoms with Gasteiger partial charge in [0.15, 0.2) is 6.10 Å². The molecule has 2 N–H and O–H groups in total. The minimum atomic E-state index is -1.45. The van der Waals surface area contributed by atoms with Crippen LogP contribution >= 0.6 is 0 Å². The number of cyclic esters (lactones) is 1. The highest BCUT2D eigenvalue weighted by atomic mass is 16.6. The summed E-state index contributed by atoms with van der Waals surface area (Å²) in [6.07, 6.45) is 16.8. The van der Waals surface area contributed by atoms with Crippen molar-refractivity contribution in [1.82, 2.24) is 14.8 Å². The van der Waals surface area contributed by atoms with Crippen LogP contribution in [0.1, 0.15) is 110 Å². The summed E-state index contributed by atoms with van der Waals surface area (Å²) in [5.74, 6) is 0.314. The van der Waals surface area contributed by atoms with Crippen molar-refractivity contribution in [2.45, 2.75) is 134 Å². The maximum absolute atomic E-state index is 13.5. The van der Waals surface area contributed by atoms with Crippen molar-refractivity contribution in [3.8, 4) is 0 Å². The number of carbonyl (C=O) groups excluding carboxylic acids is 2. The number of aliphatic hydroxyl groups is 2. The van der Waals surface area contributed by atoms with E-state index >= 15 is 0 Å². The van der Waals surface area contributed by atoms with E-state index in [4.69, 9.17) is 14.5 Å². The van der Waals surface area contributed by atoms with Gasteiger partial charge in [-0.3, -0.25) is 9.69 Å². The molecule has 3 fully saturated rings. The van der Waals surface area contributed by atoms with E-state index in [0.29, 0.717) is 19.1 Å². The molecule has 0 radical (unpaired) electrons. The Hall–Kier alpha value is -3.21. The van der Waals surface area contributed by atoms with Crippen LogP contribution < -0.4 is 4.90 Å². The third-order valence-corrected chi connectivity index (χ3v) is 11.3. The van der Waals surface area contributed by atoms with Gasteiger partial charge >= 0.3 is 12.1 Å². The van der Waals surface area contributed by atoms with Crippen LogP contribution in [0, 0.1) is 5.92 Å². The normalized spacial score (nSPS) is 31.0. The van der Waals surface area contributed by atoms with Gasteiger partial charge in [0, 0.05) is 62.8 Å². The number of aromatic nitrogens is 1. The smallest absolute Gasteiger partial charge is 0.410 e. The minimum Gasteiger partial charge on any atom is -0.457 e. The van der Waals surface area contributed by atoms with Gasteiger partial charge < -0.3 is 29.5 Å². The maximum Gasteiger partial charge on any atom is 0.410 e. The number of esters is 1. The maximum atomic E-state index is 13.5. The molecule has 10 heteroatoms. The van der Waals surface area contributed by atoms with Crippen LogP contribution in [0.4, 0.5) is 10.6 Å². The molecule has 6 atom stereocenters. The summed E-state index contributed by atoms with van der Waals surface area (Å²) < 4.78 is 12.0. The number of allylic oxidation sites excluding steroid dienone is 3. The Morgan fingerprint density at radius 2 is 1.73 bits per heavy atom. The van der Waals surface area contributed by atoms with Crippen LogP contribution in [0.15, 0.2) is 54.2 Å². The van der Waals surface area contributed by atoms with Gasteiger partial charge in [0.2, 0.25) is 0 Å². The van der Waals surface area contributed by atoms with Crippen molar-refractivity contribution < 1.29 is 29.3 Å². The summed E-state index contributed by atoms with van der Waals surface area (Å²) in [5.41, 5.74) is 0.386. The molecule has 10 nitrogen and oxygen atoms in total. The monoisotopic (exact) mass is 706 g/mol. The first-order valence-corrected chi connectivity index (χ1v) is 19.5. The number of hydrogen-bond acceptors (Lipinski definition) is 9. The Morgan fingerprint density at radius 1 is 1.02 bits per heavy atom. The SMILES string of the molecule is C/C(=C\C=C\C(C)c1cccc(N2CCCC2)n1)[C@H]1OC(=O)C[C@H](O)CC[C@@](C)(O)[C@@H](OC(=O)N2CCN(C3CCCCCC3)CC2)/C=C\[C@@H]1C. The molecule has 4 heterocycles. The molecule has 3 aliphatic heterocycles. The minimum absolute atomic E-state index is 0.0837. The highest BCUT2D eigenvalue weighted by Gasteiger charge is 2.37. The number of aliphatic hydroxyl groups excluding tert-OH is 1. The van der Waals surface area contributed by atoms with E-state index in [1.54, 1.807) is 17.9 Å². The Bertz CT molecular complexity index is 1370. The van der Waals surface area contributed by atoms with Gasteiger partial charge in [0.05, 0.1) is 12.5 Å². The molecule has 1 amide bonds. The second kappa shape index (κ2) is 18.5. The van der Waals surface area contributed by atoms with Crippen molar-refractivity contribution >= 4 is 17.9 Å². The van der Waals surface area contributed by atoms with E-state index < -0.39 is 36.0 Å². The van der Waals surface area contributed by atoms with Crippen molar-refractivity contribution in [1.29, 1.82) is 0 Å². The van der Waals surface area contributed by atoms with Gasteiger partial charge in [-0.25, -0.2) is 9.78 Å². The predicted octanol–water partition coefficient (Wildman–Crippen LogP) is 6.53. The number of anilines is 1. The van der Waals surface area contributed by atoms with Crippen LogP contribution in [0.5, 0.6) is 0 Å². The first-order valence-electron chi connectivity index (χ1n) is 19.5. The number of amides is 1. The molecule has 1 aromatic heterocycles. The Labute approximate surface area is 305 Å². The fourth-order valence-electron chi connectivity index (χ4n) is 7.91. The largest absolute Gasteiger partial charge is 0.457 e. The van der Waals surface area contributed by atoms with Crippen molar-refractivity contribution in [3.05, 3.63) is 59.8 Å².